The van der Waals surface area contributed by atoms with E-state index in [0.29, 0.717) is 16.2 Å². The van der Waals surface area contributed by atoms with Gasteiger partial charge < -0.3 is 14.9 Å². The Balaban J connectivity index is 1.62. The van der Waals surface area contributed by atoms with Gasteiger partial charge in [0, 0.05) is 16.7 Å². The van der Waals surface area contributed by atoms with Gasteiger partial charge in [0.15, 0.2) is 6.10 Å². The van der Waals surface area contributed by atoms with Gasteiger partial charge in [0.2, 0.25) is 0 Å². The van der Waals surface area contributed by atoms with E-state index in [1.165, 1.54) is 36.9 Å². The van der Waals surface area contributed by atoms with Crippen LogP contribution in [0.1, 0.15) is 18.1 Å². The van der Waals surface area contributed by atoms with Gasteiger partial charge in [-0.05, 0) is 47.9 Å². The van der Waals surface area contributed by atoms with Crippen LogP contribution in [0.15, 0.2) is 71.6 Å². The number of thioether (sulfide) groups is 1. The molecule has 4 nitrogen and oxygen atoms in total. The van der Waals surface area contributed by atoms with Crippen LogP contribution in [0.3, 0.4) is 0 Å². The number of rotatable bonds is 7. The third-order valence-electron chi connectivity index (χ3n) is 4.48. The topological polar surface area (TPSA) is 66.8 Å². The number of hydrogen-bond donors (Lipinski definition) is 2. The average Bonchev–Trinajstić information content (AvgIpc) is 2.73. The second-order valence-corrected chi connectivity index (χ2v) is 7.81. The molecule has 0 amide bonds. The fourth-order valence-electron chi connectivity index (χ4n) is 2.75. The highest BCUT2D eigenvalue weighted by atomic mass is 32.2. The van der Waals surface area contributed by atoms with Crippen LogP contribution in [0.2, 0.25) is 0 Å². The minimum atomic E-state index is -4.36. The SMILES string of the molecule is CC(Oc1ccc(SCc2ccc(-c3ccc(C(F)(F)F)cc3)cc2)c(O)c1)C(=O)O. The molecule has 0 bridgehead atoms. The number of aromatic hydroxyl groups is 1. The van der Waals surface area contributed by atoms with Crippen molar-refractivity contribution in [1.29, 1.82) is 0 Å². The molecule has 162 valence electrons. The zero-order valence-corrected chi connectivity index (χ0v) is 17.2. The van der Waals surface area contributed by atoms with Crippen molar-refractivity contribution in [2.75, 3.05) is 0 Å². The number of hydrogen-bond acceptors (Lipinski definition) is 4. The lowest BCUT2D eigenvalue weighted by Crippen LogP contribution is -2.22. The zero-order valence-electron chi connectivity index (χ0n) is 16.4. The van der Waals surface area contributed by atoms with Crippen LogP contribution < -0.4 is 4.74 Å². The summed E-state index contributed by atoms with van der Waals surface area (Å²) in [6, 6.07) is 17.1. The van der Waals surface area contributed by atoms with Gasteiger partial charge in [0.25, 0.3) is 0 Å². The Morgan fingerprint density at radius 3 is 2.10 bits per heavy atom. The highest BCUT2D eigenvalue weighted by Gasteiger charge is 2.29. The van der Waals surface area contributed by atoms with Crippen molar-refractivity contribution in [3.63, 3.8) is 0 Å². The van der Waals surface area contributed by atoms with Crippen LogP contribution in [-0.2, 0) is 16.7 Å². The van der Waals surface area contributed by atoms with Crippen LogP contribution in [0.4, 0.5) is 13.2 Å². The Kier molecular flexibility index (Phi) is 6.80. The number of alkyl halides is 3. The first-order chi connectivity index (χ1) is 14.6. The lowest BCUT2D eigenvalue weighted by atomic mass is 10.0. The fourth-order valence-corrected chi connectivity index (χ4v) is 3.64. The average molecular weight is 448 g/mol. The Morgan fingerprint density at radius 1 is 1.00 bits per heavy atom. The summed E-state index contributed by atoms with van der Waals surface area (Å²) in [5.41, 5.74) is 1.79. The third-order valence-corrected chi connectivity index (χ3v) is 5.62. The molecule has 0 saturated carbocycles. The summed E-state index contributed by atoms with van der Waals surface area (Å²) in [5, 5.41) is 19.0. The zero-order chi connectivity index (χ0) is 22.6. The molecule has 0 aliphatic heterocycles. The number of phenols is 1. The molecular weight excluding hydrogens is 429 g/mol. The minimum Gasteiger partial charge on any atom is -0.507 e. The summed E-state index contributed by atoms with van der Waals surface area (Å²) >= 11 is 1.39. The van der Waals surface area contributed by atoms with Gasteiger partial charge in [-0.1, -0.05) is 36.4 Å². The molecule has 3 aromatic carbocycles. The predicted octanol–water partition coefficient (Wildman–Crippen LogP) is 6.22. The van der Waals surface area contributed by atoms with E-state index >= 15 is 0 Å². The molecule has 0 radical (unpaired) electrons. The number of phenolic OH excluding ortho intramolecular Hbond substituents is 1. The van der Waals surface area contributed by atoms with Gasteiger partial charge in [0.05, 0.1) is 5.56 Å². The standard InChI is InChI=1S/C23H19F3O4S/c1-14(22(28)29)30-19-10-11-21(20(27)12-19)31-13-15-2-4-16(5-3-15)17-6-8-18(9-7-17)23(24,25)26/h2-12,14,27H,13H2,1H3,(H,28,29). The van der Waals surface area contributed by atoms with E-state index in [1.807, 2.05) is 24.3 Å². The van der Waals surface area contributed by atoms with Crippen molar-refractivity contribution in [3.8, 4) is 22.6 Å². The summed E-state index contributed by atoms with van der Waals surface area (Å²) in [5.74, 6) is -0.288. The molecule has 0 aliphatic carbocycles. The van der Waals surface area contributed by atoms with E-state index in [4.69, 9.17) is 9.84 Å². The minimum absolute atomic E-state index is 0.0125. The maximum atomic E-state index is 12.7. The number of carboxylic acids is 1. The second kappa shape index (κ2) is 9.34. The van der Waals surface area contributed by atoms with Crippen molar-refractivity contribution in [1.82, 2.24) is 0 Å². The maximum absolute atomic E-state index is 12.7. The number of ether oxygens (including phenoxy) is 1. The van der Waals surface area contributed by atoms with E-state index in [0.717, 1.165) is 23.3 Å². The van der Waals surface area contributed by atoms with Gasteiger partial charge >= 0.3 is 12.1 Å². The van der Waals surface area contributed by atoms with Crippen LogP contribution in [0, 0.1) is 0 Å². The quantitative estimate of drug-likeness (QED) is 0.420. The van der Waals surface area contributed by atoms with E-state index in [2.05, 4.69) is 0 Å². The first-order valence-corrected chi connectivity index (χ1v) is 10.2. The summed E-state index contributed by atoms with van der Waals surface area (Å²) < 4.78 is 43.3. The summed E-state index contributed by atoms with van der Waals surface area (Å²) in [6.07, 6.45) is -5.38. The number of carbonyl (C=O) groups is 1. The van der Waals surface area contributed by atoms with Gasteiger partial charge in [-0.3, -0.25) is 0 Å². The third kappa shape index (κ3) is 5.95. The lowest BCUT2D eigenvalue weighted by molar-refractivity contribution is -0.144. The van der Waals surface area contributed by atoms with E-state index in [9.17, 15) is 23.1 Å². The fraction of sp³-hybridized carbons (Fsp3) is 0.174. The molecule has 0 aliphatic rings. The number of aliphatic carboxylic acids is 1. The molecule has 1 unspecified atom stereocenters. The van der Waals surface area contributed by atoms with Gasteiger partial charge in [-0.2, -0.15) is 13.2 Å². The van der Waals surface area contributed by atoms with Crippen molar-refractivity contribution in [2.45, 2.75) is 29.9 Å². The first kappa shape index (κ1) is 22.6. The smallest absolute Gasteiger partial charge is 0.416 e. The normalized spacial score (nSPS) is 12.4. The second-order valence-electron chi connectivity index (χ2n) is 6.79. The predicted molar refractivity (Wildman–Crippen MR) is 112 cm³/mol. The molecule has 8 heteroatoms. The monoisotopic (exact) mass is 448 g/mol. The highest BCUT2D eigenvalue weighted by Crippen LogP contribution is 2.35. The number of benzene rings is 3. The van der Waals surface area contributed by atoms with Crippen LogP contribution in [0.25, 0.3) is 11.1 Å². The van der Waals surface area contributed by atoms with E-state index in [1.54, 1.807) is 12.1 Å². The van der Waals surface area contributed by atoms with Crippen molar-refractivity contribution in [2.24, 2.45) is 0 Å². The molecule has 0 heterocycles. The van der Waals surface area contributed by atoms with Gasteiger partial charge in [-0.15, -0.1) is 11.8 Å². The lowest BCUT2D eigenvalue weighted by Gasteiger charge is -2.12. The summed E-state index contributed by atoms with van der Waals surface area (Å²) in [6.45, 7) is 1.40. The van der Waals surface area contributed by atoms with Crippen molar-refractivity contribution >= 4 is 17.7 Å². The van der Waals surface area contributed by atoms with Crippen molar-refractivity contribution in [3.05, 3.63) is 77.9 Å². The highest BCUT2D eigenvalue weighted by molar-refractivity contribution is 7.98. The molecule has 1 atom stereocenters. The molecule has 3 aromatic rings. The molecule has 2 N–H and O–H groups in total. The molecular formula is C23H19F3O4S. The van der Waals surface area contributed by atoms with Crippen LogP contribution in [0.5, 0.6) is 11.5 Å². The summed E-state index contributed by atoms with van der Waals surface area (Å²) in [4.78, 5) is 11.5. The Bertz CT molecular complexity index is 1050. The van der Waals surface area contributed by atoms with Crippen LogP contribution in [-0.4, -0.2) is 22.3 Å². The number of carboxylic acid groups (broad SMARTS) is 1. The largest absolute Gasteiger partial charge is 0.507 e. The molecule has 0 saturated heterocycles. The molecule has 0 spiro atoms. The molecule has 3 rings (SSSR count). The van der Waals surface area contributed by atoms with Crippen molar-refractivity contribution < 1.29 is 32.9 Å². The molecule has 31 heavy (non-hydrogen) atoms. The van der Waals surface area contributed by atoms with Gasteiger partial charge in [-0.25, -0.2) is 4.79 Å². The Morgan fingerprint density at radius 2 is 1.58 bits per heavy atom. The molecule has 0 aromatic heterocycles. The van der Waals surface area contributed by atoms with E-state index in [-0.39, 0.29) is 11.5 Å². The Hall–Kier alpha value is -3.13. The van der Waals surface area contributed by atoms with E-state index < -0.39 is 23.8 Å². The first-order valence-electron chi connectivity index (χ1n) is 9.25. The van der Waals surface area contributed by atoms with Gasteiger partial charge in [0.1, 0.15) is 11.5 Å². The number of halogens is 3. The maximum Gasteiger partial charge on any atom is 0.416 e. The Labute approximate surface area is 181 Å². The summed E-state index contributed by atoms with van der Waals surface area (Å²) in [7, 11) is 0. The van der Waals surface area contributed by atoms with Crippen LogP contribution >= 0.6 is 11.8 Å². The molecule has 0 fully saturated rings.